The van der Waals surface area contributed by atoms with Gasteiger partial charge in [-0.1, -0.05) is 42.5 Å². The topological polar surface area (TPSA) is 54.2 Å². The molecule has 0 aliphatic rings. The van der Waals surface area contributed by atoms with E-state index in [1.54, 1.807) is 0 Å². The van der Waals surface area contributed by atoms with Gasteiger partial charge in [0.1, 0.15) is 0 Å². The van der Waals surface area contributed by atoms with E-state index < -0.39 is 0 Å². The number of aliphatic imine (C=N–C) groups is 1. The highest BCUT2D eigenvalue weighted by Gasteiger charge is 2.13. The summed E-state index contributed by atoms with van der Waals surface area (Å²) in [6.07, 6.45) is 1.89. The maximum atomic E-state index is 4.51. The molecule has 1 aromatic heterocycles. The lowest BCUT2D eigenvalue weighted by Gasteiger charge is -2.18. The molecular formula is C23H31N5. The molecule has 0 radical (unpaired) electrons. The van der Waals surface area contributed by atoms with Crippen LogP contribution < -0.4 is 10.6 Å². The van der Waals surface area contributed by atoms with Gasteiger partial charge in [-0.15, -0.1) is 0 Å². The molecule has 0 saturated heterocycles. The van der Waals surface area contributed by atoms with E-state index in [4.69, 9.17) is 0 Å². The van der Waals surface area contributed by atoms with E-state index in [0.717, 1.165) is 31.0 Å². The summed E-state index contributed by atoms with van der Waals surface area (Å²) in [5.41, 5.74) is 4.98. The molecule has 5 nitrogen and oxygen atoms in total. The Morgan fingerprint density at radius 1 is 1.14 bits per heavy atom. The fourth-order valence-electron chi connectivity index (χ4n) is 3.62. The molecule has 0 amide bonds. The lowest BCUT2D eigenvalue weighted by molar-refractivity contribution is 0.635. The first-order chi connectivity index (χ1) is 13.5. The van der Waals surface area contributed by atoms with Gasteiger partial charge in [-0.25, -0.2) is 0 Å². The first kappa shape index (κ1) is 19.9. The number of aryl methyl sites for hydroxylation is 2. The highest BCUT2D eigenvalue weighted by molar-refractivity contribution is 5.83. The van der Waals surface area contributed by atoms with Crippen LogP contribution >= 0.6 is 0 Å². The van der Waals surface area contributed by atoms with Crippen molar-refractivity contribution in [3.05, 3.63) is 65.0 Å². The maximum absolute atomic E-state index is 4.51. The monoisotopic (exact) mass is 377 g/mol. The molecule has 0 fully saturated rings. The van der Waals surface area contributed by atoms with Crippen molar-refractivity contribution in [1.29, 1.82) is 0 Å². The zero-order chi connectivity index (χ0) is 20.1. The van der Waals surface area contributed by atoms with Gasteiger partial charge in [-0.3, -0.25) is 9.67 Å². The molecule has 3 aromatic rings. The third kappa shape index (κ3) is 4.71. The fourth-order valence-corrected chi connectivity index (χ4v) is 3.62. The highest BCUT2D eigenvalue weighted by Crippen LogP contribution is 2.16. The molecule has 0 saturated carbocycles. The number of hydrogen-bond acceptors (Lipinski definition) is 2. The minimum absolute atomic E-state index is 0.272. The summed E-state index contributed by atoms with van der Waals surface area (Å²) >= 11 is 0. The van der Waals surface area contributed by atoms with Crippen LogP contribution in [0.25, 0.3) is 10.8 Å². The fraction of sp³-hybridized carbons (Fsp3) is 0.391. The van der Waals surface area contributed by atoms with Crippen LogP contribution in [0.3, 0.4) is 0 Å². The van der Waals surface area contributed by atoms with E-state index in [1.807, 2.05) is 18.8 Å². The molecule has 0 spiro atoms. The van der Waals surface area contributed by atoms with Crippen LogP contribution in [0, 0.1) is 13.8 Å². The van der Waals surface area contributed by atoms with Crippen LogP contribution in [-0.2, 0) is 19.9 Å². The second-order valence-corrected chi connectivity index (χ2v) is 7.45. The van der Waals surface area contributed by atoms with Gasteiger partial charge in [-0.2, -0.15) is 5.10 Å². The number of hydrogen-bond donors (Lipinski definition) is 2. The number of nitrogens with one attached hydrogen (secondary N) is 2. The van der Waals surface area contributed by atoms with E-state index >= 15 is 0 Å². The lowest BCUT2D eigenvalue weighted by Crippen LogP contribution is -2.43. The zero-order valence-electron chi connectivity index (χ0n) is 17.6. The van der Waals surface area contributed by atoms with Crippen molar-refractivity contribution in [2.45, 2.75) is 39.7 Å². The maximum Gasteiger partial charge on any atom is 0.191 e. The molecule has 3 rings (SSSR count). The summed E-state index contributed by atoms with van der Waals surface area (Å²) < 4.78 is 1.95. The Kier molecular flexibility index (Phi) is 6.34. The van der Waals surface area contributed by atoms with Crippen LogP contribution in [0.5, 0.6) is 0 Å². The van der Waals surface area contributed by atoms with Gasteiger partial charge in [0.2, 0.25) is 0 Å². The van der Waals surface area contributed by atoms with Crippen molar-refractivity contribution in [2.75, 3.05) is 13.6 Å². The van der Waals surface area contributed by atoms with E-state index in [-0.39, 0.29) is 6.04 Å². The van der Waals surface area contributed by atoms with Gasteiger partial charge >= 0.3 is 0 Å². The zero-order valence-corrected chi connectivity index (χ0v) is 17.6. The second-order valence-electron chi connectivity index (χ2n) is 7.45. The minimum Gasteiger partial charge on any atom is -0.356 e. The number of fused-ring (bicyclic) bond motifs is 1. The summed E-state index contributed by atoms with van der Waals surface area (Å²) in [5.74, 6) is 0.840. The minimum atomic E-state index is 0.272. The Labute approximate surface area is 167 Å². The molecule has 1 heterocycles. The molecule has 0 aliphatic carbocycles. The molecule has 148 valence electrons. The molecule has 5 heteroatoms. The van der Waals surface area contributed by atoms with Gasteiger partial charge in [0.15, 0.2) is 5.96 Å². The van der Waals surface area contributed by atoms with Crippen molar-refractivity contribution >= 4 is 16.7 Å². The van der Waals surface area contributed by atoms with Gasteiger partial charge in [0, 0.05) is 32.4 Å². The summed E-state index contributed by atoms with van der Waals surface area (Å²) in [4.78, 5) is 4.37. The summed E-state index contributed by atoms with van der Waals surface area (Å²) in [7, 11) is 3.82. The SMILES string of the molecule is CN=C(NCCc1ccc2ccccc2c1)NC(C)Cc1c(C)nn(C)c1C. The summed E-state index contributed by atoms with van der Waals surface area (Å²) in [5, 5.41) is 14.0. The van der Waals surface area contributed by atoms with Gasteiger partial charge in [0.05, 0.1) is 5.69 Å². The number of rotatable bonds is 6. The smallest absolute Gasteiger partial charge is 0.191 e. The lowest BCUT2D eigenvalue weighted by atomic mass is 10.1. The summed E-state index contributed by atoms with van der Waals surface area (Å²) in [6, 6.07) is 15.4. The Bertz CT molecular complexity index is 970. The molecule has 0 aliphatic heterocycles. The second kappa shape index (κ2) is 8.91. The van der Waals surface area contributed by atoms with Gasteiger partial charge < -0.3 is 10.6 Å². The molecular weight excluding hydrogens is 346 g/mol. The van der Waals surface area contributed by atoms with Gasteiger partial charge in [0.25, 0.3) is 0 Å². The number of aromatic nitrogens is 2. The first-order valence-corrected chi connectivity index (χ1v) is 9.92. The van der Waals surface area contributed by atoms with E-state index in [9.17, 15) is 0 Å². The van der Waals surface area contributed by atoms with Crippen LogP contribution in [-0.4, -0.2) is 35.4 Å². The Balaban J connectivity index is 1.52. The van der Waals surface area contributed by atoms with Crippen molar-refractivity contribution in [3.8, 4) is 0 Å². The summed E-state index contributed by atoms with van der Waals surface area (Å²) in [6.45, 7) is 7.22. The number of guanidine groups is 1. The third-order valence-electron chi connectivity index (χ3n) is 5.30. The van der Waals surface area contributed by atoms with Crippen LogP contribution in [0.1, 0.15) is 29.4 Å². The Morgan fingerprint density at radius 3 is 2.57 bits per heavy atom. The van der Waals surface area contributed by atoms with E-state index in [1.165, 1.54) is 27.6 Å². The average molecular weight is 378 g/mol. The quantitative estimate of drug-likeness (QED) is 0.510. The van der Waals surface area contributed by atoms with Crippen molar-refractivity contribution < 1.29 is 0 Å². The molecule has 28 heavy (non-hydrogen) atoms. The van der Waals surface area contributed by atoms with Crippen molar-refractivity contribution in [2.24, 2.45) is 12.0 Å². The molecule has 0 bridgehead atoms. The average Bonchev–Trinajstić information content (AvgIpc) is 2.93. The number of benzene rings is 2. The normalized spacial score (nSPS) is 13.0. The van der Waals surface area contributed by atoms with Gasteiger partial charge in [-0.05, 0) is 55.5 Å². The van der Waals surface area contributed by atoms with Crippen molar-refractivity contribution in [3.63, 3.8) is 0 Å². The predicted molar refractivity (Wildman–Crippen MR) is 118 cm³/mol. The predicted octanol–water partition coefficient (Wildman–Crippen LogP) is 3.53. The van der Waals surface area contributed by atoms with Crippen molar-refractivity contribution in [1.82, 2.24) is 20.4 Å². The first-order valence-electron chi connectivity index (χ1n) is 9.92. The van der Waals surface area contributed by atoms with Crippen LogP contribution in [0.2, 0.25) is 0 Å². The van der Waals surface area contributed by atoms with Crippen LogP contribution in [0.4, 0.5) is 0 Å². The molecule has 1 atom stereocenters. The largest absolute Gasteiger partial charge is 0.356 e. The molecule has 2 aromatic carbocycles. The van der Waals surface area contributed by atoms with E-state index in [2.05, 4.69) is 84.0 Å². The van der Waals surface area contributed by atoms with Crippen LogP contribution in [0.15, 0.2) is 47.5 Å². The van der Waals surface area contributed by atoms with E-state index in [0.29, 0.717) is 0 Å². The molecule has 2 N–H and O–H groups in total. The standard InChI is InChI=1S/C23H31N5/c1-16(14-22-17(2)27-28(5)18(22)3)26-23(24-4)25-13-12-19-10-11-20-8-6-7-9-21(20)15-19/h6-11,15-16H,12-14H2,1-5H3,(H2,24,25,26). The number of nitrogens with zero attached hydrogens (tertiary/aromatic N) is 3. The third-order valence-corrected chi connectivity index (χ3v) is 5.30. The molecule has 1 unspecified atom stereocenters. The highest BCUT2D eigenvalue weighted by atomic mass is 15.3. The Morgan fingerprint density at radius 2 is 1.89 bits per heavy atom. The Hall–Kier alpha value is -2.82.